The van der Waals surface area contributed by atoms with Gasteiger partial charge in [0, 0.05) is 24.8 Å². The first-order valence-corrected chi connectivity index (χ1v) is 11.6. The van der Waals surface area contributed by atoms with Gasteiger partial charge in [-0.15, -0.1) is 11.3 Å². The molecule has 0 unspecified atom stereocenters. The Hall–Kier alpha value is -2.47. The van der Waals surface area contributed by atoms with E-state index in [0.717, 1.165) is 24.5 Å². The Morgan fingerprint density at radius 1 is 1.43 bits per heavy atom. The number of hydrogen-bond donors (Lipinski definition) is 1. The molecule has 1 atom stereocenters. The van der Waals surface area contributed by atoms with Crippen molar-refractivity contribution < 1.29 is 31.1 Å². The molecule has 1 aliphatic carbocycles. The number of carbonyl (C=O) groups is 1. The van der Waals surface area contributed by atoms with Crippen molar-refractivity contribution in [2.45, 2.75) is 31.7 Å². The van der Waals surface area contributed by atoms with Gasteiger partial charge in [-0.25, -0.2) is 13.4 Å². The van der Waals surface area contributed by atoms with Crippen molar-refractivity contribution in [3.63, 3.8) is 0 Å². The van der Waals surface area contributed by atoms with Gasteiger partial charge < -0.3 is 10.1 Å². The van der Waals surface area contributed by atoms with E-state index in [1.165, 1.54) is 24.4 Å². The second-order valence-electron chi connectivity index (χ2n) is 6.93. The number of amides is 1. The van der Waals surface area contributed by atoms with Gasteiger partial charge in [-0.2, -0.15) is 18.2 Å². The van der Waals surface area contributed by atoms with Gasteiger partial charge in [0.15, 0.2) is 25.5 Å². The molecule has 0 aliphatic heterocycles. The van der Waals surface area contributed by atoms with Crippen molar-refractivity contribution >= 4 is 27.1 Å². The second-order valence-corrected chi connectivity index (χ2v) is 9.86. The highest BCUT2D eigenvalue weighted by molar-refractivity contribution is 7.93. The van der Waals surface area contributed by atoms with Gasteiger partial charge >= 0.3 is 0 Å². The number of pyridine rings is 1. The van der Waals surface area contributed by atoms with Crippen LogP contribution in [0.4, 0.5) is 13.2 Å². The molecule has 162 valence electrons. The van der Waals surface area contributed by atoms with Crippen molar-refractivity contribution in [1.82, 2.24) is 15.3 Å². The van der Waals surface area contributed by atoms with E-state index in [2.05, 4.69) is 15.3 Å². The average molecular weight is 461 g/mol. The Balaban J connectivity index is 1.90. The summed E-state index contributed by atoms with van der Waals surface area (Å²) in [5.41, 5.74) is 0. The molecule has 2 aromatic rings. The summed E-state index contributed by atoms with van der Waals surface area (Å²) in [5.74, 6) is -5.94. The van der Waals surface area contributed by atoms with Crippen LogP contribution in [0.25, 0.3) is 0 Å². The van der Waals surface area contributed by atoms with E-state index in [4.69, 9.17) is 4.74 Å². The molecule has 1 saturated carbocycles. The van der Waals surface area contributed by atoms with E-state index < -0.39 is 44.5 Å². The highest BCUT2D eigenvalue weighted by Crippen LogP contribution is 2.38. The zero-order valence-electron chi connectivity index (χ0n) is 15.9. The minimum Gasteiger partial charge on any atom is -0.433 e. The lowest BCUT2D eigenvalue weighted by Gasteiger charge is -2.14. The minimum atomic E-state index is -3.41. The zero-order valence-corrected chi connectivity index (χ0v) is 17.6. The quantitative estimate of drug-likeness (QED) is 0.603. The number of thiazole rings is 1. The minimum absolute atomic E-state index is 0.0343. The smallest absolute Gasteiger partial charge is 0.296 e. The summed E-state index contributed by atoms with van der Waals surface area (Å²) in [4.78, 5) is 19.6. The van der Waals surface area contributed by atoms with Crippen molar-refractivity contribution in [3.05, 3.63) is 45.6 Å². The van der Waals surface area contributed by atoms with Crippen molar-refractivity contribution in [2.75, 3.05) is 6.26 Å². The maximum Gasteiger partial charge on any atom is 0.296 e. The maximum absolute atomic E-state index is 13.8. The number of carbonyl (C=O) groups excluding carboxylic acids is 1. The normalized spacial score (nSPS) is 15.9. The summed E-state index contributed by atoms with van der Waals surface area (Å²) in [6, 6.07) is 1.98. The molecular weight excluding hydrogens is 443 g/mol. The molecule has 1 aliphatic rings. The van der Waals surface area contributed by atoms with Crippen LogP contribution in [0.3, 0.4) is 0 Å². The molecule has 1 amide bonds. The van der Waals surface area contributed by atoms with Crippen LogP contribution in [0.5, 0.6) is 11.6 Å². The van der Waals surface area contributed by atoms with Crippen LogP contribution >= 0.6 is 11.3 Å². The van der Waals surface area contributed by atoms with Gasteiger partial charge in [0.1, 0.15) is 0 Å². The summed E-state index contributed by atoms with van der Waals surface area (Å²) in [7, 11) is -3.41. The fourth-order valence-electron chi connectivity index (χ4n) is 2.48. The molecule has 2 aromatic heterocycles. The standard InChI is InChI=1S/C18H18F3N3O4S2/c1-18(20,21)17-24-16(28-12-4-3-8-22-14(12)19)13(29-17)15(25)23-11(10-5-6-10)7-9-30(2,26)27/h3-4,7-11H,5-6H2,1-2H3,(H,23,25)/b9-7+/t11-/m1/s1. The fraction of sp³-hybridized carbons (Fsp3) is 0.389. The van der Waals surface area contributed by atoms with Crippen LogP contribution < -0.4 is 10.1 Å². The van der Waals surface area contributed by atoms with Crippen LogP contribution in [0.1, 0.15) is 34.4 Å². The topological polar surface area (TPSA) is 98.2 Å². The highest BCUT2D eigenvalue weighted by atomic mass is 32.2. The number of hydrogen-bond acceptors (Lipinski definition) is 7. The van der Waals surface area contributed by atoms with Gasteiger partial charge in [-0.3, -0.25) is 4.79 Å². The van der Waals surface area contributed by atoms with Crippen LogP contribution in [0.2, 0.25) is 0 Å². The molecule has 0 bridgehead atoms. The van der Waals surface area contributed by atoms with Gasteiger partial charge in [-0.1, -0.05) is 6.08 Å². The largest absolute Gasteiger partial charge is 0.433 e. The van der Waals surface area contributed by atoms with Crippen LogP contribution in [0.15, 0.2) is 29.8 Å². The molecule has 2 heterocycles. The monoisotopic (exact) mass is 461 g/mol. The predicted octanol–water partition coefficient (Wildman–Crippen LogP) is 3.65. The number of sulfone groups is 1. The maximum atomic E-state index is 13.8. The number of alkyl halides is 2. The first-order chi connectivity index (χ1) is 13.9. The third kappa shape index (κ3) is 5.79. The molecule has 0 spiro atoms. The van der Waals surface area contributed by atoms with Gasteiger partial charge in [0.05, 0.1) is 6.04 Å². The Bertz CT molecular complexity index is 1080. The first kappa shape index (κ1) is 22.2. The van der Waals surface area contributed by atoms with E-state index in [-0.39, 0.29) is 16.5 Å². The number of ether oxygens (including phenoxy) is 1. The third-order valence-electron chi connectivity index (χ3n) is 4.07. The molecule has 3 rings (SSSR count). The number of nitrogens with one attached hydrogen (secondary N) is 1. The molecule has 0 aromatic carbocycles. The van der Waals surface area contributed by atoms with E-state index in [0.29, 0.717) is 18.3 Å². The number of halogens is 3. The first-order valence-electron chi connectivity index (χ1n) is 8.80. The molecule has 0 radical (unpaired) electrons. The van der Waals surface area contributed by atoms with Crippen LogP contribution in [-0.4, -0.2) is 36.6 Å². The summed E-state index contributed by atoms with van der Waals surface area (Å²) in [6.07, 6.45) is 5.11. The molecule has 30 heavy (non-hydrogen) atoms. The van der Waals surface area contributed by atoms with E-state index >= 15 is 0 Å². The van der Waals surface area contributed by atoms with E-state index in [9.17, 15) is 26.4 Å². The Morgan fingerprint density at radius 3 is 2.70 bits per heavy atom. The van der Waals surface area contributed by atoms with Gasteiger partial charge in [-0.05, 0) is 30.9 Å². The number of aromatic nitrogens is 2. The SMILES string of the molecule is CC(F)(F)c1nc(Oc2cccnc2F)c(C(=O)N[C@H](/C=C/S(C)(=O)=O)C2CC2)s1. The van der Waals surface area contributed by atoms with E-state index in [1.807, 2.05) is 0 Å². The Morgan fingerprint density at radius 2 is 2.13 bits per heavy atom. The summed E-state index contributed by atoms with van der Waals surface area (Å²) < 4.78 is 69.4. The molecular formula is C18H18F3N3O4S2. The number of rotatable bonds is 8. The average Bonchev–Trinajstić information content (AvgIpc) is 3.38. The molecule has 0 saturated heterocycles. The van der Waals surface area contributed by atoms with E-state index in [1.54, 1.807) is 0 Å². The van der Waals surface area contributed by atoms with Gasteiger partial charge in [0.25, 0.3) is 17.8 Å². The summed E-state index contributed by atoms with van der Waals surface area (Å²) >= 11 is 0.414. The third-order valence-corrected chi connectivity index (χ3v) is 5.93. The van der Waals surface area contributed by atoms with Crippen LogP contribution in [0, 0.1) is 11.9 Å². The lowest BCUT2D eigenvalue weighted by atomic mass is 10.2. The summed E-state index contributed by atoms with van der Waals surface area (Å²) in [6.45, 7) is 0.615. The summed E-state index contributed by atoms with van der Waals surface area (Å²) in [5, 5.41) is 2.92. The van der Waals surface area contributed by atoms with Crippen molar-refractivity contribution in [2.24, 2.45) is 5.92 Å². The molecule has 1 fully saturated rings. The van der Waals surface area contributed by atoms with Crippen molar-refractivity contribution in [3.8, 4) is 11.6 Å². The molecule has 7 nitrogen and oxygen atoms in total. The van der Waals surface area contributed by atoms with Crippen molar-refractivity contribution in [1.29, 1.82) is 0 Å². The Labute approximate surface area is 174 Å². The second kappa shape index (κ2) is 8.34. The lowest BCUT2D eigenvalue weighted by molar-refractivity contribution is 0.0169. The van der Waals surface area contributed by atoms with Gasteiger partial charge in [0.2, 0.25) is 5.88 Å². The molecule has 1 N–H and O–H groups in total. The zero-order chi connectivity index (χ0) is 22.1. The Kier molecular flexibility index (Phi) is 6.18. The van der Waals surface area contributed by atoms with Crippen LogP contribution in [-0.2, 0) is 15.8 Å². The predicted molar refractivity (Wildman–Crippen MR) is 104 cm³/mol. The highest BCUT2D eigenvalue weighted by Gasteiger charge is 2.36. The molecule has 12 heteroatoms. The fourth-order valence-corrected chi connectivity index (χ4v) is 3.76. The number of nitrogens with zero attached hydrogens (tertiary/aromatic N) is 2. The lowest BCUT2D eigenvalue weighted by Crippen LogP contribution is -2.34.